The van der Waals surface area contributed by atoms with Crippen molar-refractivity contribution in [2.75, 3.05) is 19.6 Å². The van der Waals surface area contributed by atoms with Gasteiger partial charge < -0.3 is 20.1 Å². The van der Waals surface area contributed by atoms with E-state index < -0.39 is 11.5 Å². The van der Waals surface area contributed by atoms with E-state index in [0.29, 0.717) is 31.6 Å². The van der Waals surface area contributed by atoms with Gasteiger partial charge in [0.15, 0.2) is 0 Å². The zero-order valence-electron chi connectivity index (χ0n) is 16.3. The number of H-pyrrole nitrogens is 1. The third-order valence-corrected chi connectivity index (χ3v) is 4.78. The van der Waals surface area contributed by atoms with Gasteiger partial charge >= 0.3 is 0 Å². The fourth-order valence-corrected chi connectivity index (χ4v) is 3.17. The Morgan fingerprint density at radius 1 is 1.27 bits per heavy atom. The summed E-state index contributed by atoms with van der Waals surface area (Å²) in [4.78, 5) is 44.3. The number of rotatable bonds is 5. The molecule has 0 aliphatic carbocycles. The van der Waals surface area contributed by atoms with Crippen molar-refractivity contribution in [3.05, 3.63) is 24.0 Å². The Bertz CT molecular complexity index is 644. The smallest absolute Gasteiger partial charge is 0.256 e. The van der Waals surface area contributed by atoms with Crippen molar-refractivity contribution < 1.29 is 14.4 Å². The zero-order chi connectivity index (χ0) is 19.5. The third-order valence-electron chi connectivity index (χ3n) is 4.78. The number of carbonyl (C=O) groups is 3. The molecule has 3 amide bonds. The molecule has 0 bridgehead atoms. The lowest BCUT2D eigenvalue weighted by atomic mass is 9.95. The van der Waals surface area contributed by atoms with Crippen molar-refractivity contribution in [1.29, 1.82) is 0 Å². The molecule has 7 heteroatoms. The maximum absolute atomic E-state index is 12.9. The highest BCUT2D eigenvalue weighted by atomic mass is 16.2. The van der Waals surface area contributed by atoms with E-state index in [1.54, 1.807) is 28.3 Å². The molecule has 2 rings (SSSR count). The maximum atomic E-state index is 12.9. The highest BCUT2D eigenvalue weighted by molar-refractivity contribution is 5.98. The van der Waals surface area contributed by atoms with Crippen LogP contribution >= 0.6 is 0 Å². The van der Waals surface area contributed by atoms with Crippen molar-refractivity contribution in [1.82, 2.24) is 20.1 Å². The molecule has 0 unspecified atom stereocenters. The highest BCUT2D eigenvalue weighted by Crippen LogP contribution is 2.24. The van der Waals surface area contributed by atoms with Gasteiger partial charge in [0.2, 0.25) is 11.8 Å². The molecule has 2 N–H and O–H groups in total. The van der Waals surface area contributed by atoms with E-state index in [-0.39, 0.29) is 23.8 Å². The fraction of sp³-hybridized carbons (Fsp3) is 0.632. The zero-order valence-corrected chi connectivity index (χ0v) is 16.3. The van der Waals surface area contributed by atoms with Crippen molar-refractivity contribution in [3.8, 4) is 0 Å². The first-order chi connectivity index (χ1) is 12.2. The second kappa shape index (κ2) is 7.93. The number of likely N-dealkylation sites (tertiary alicyclic amines) is 1. The molecule has 0 radical (unpaired) electrons. The predicted molar refractivity (Wildman–Crippen MR) is 99.5 cm³/mol. The summed E-state index contributed by atoms with van der Waals surface area (Å²) in [7, 11) is 0. The molecule has 2 atom stereocenters. The van der Waals surface area contributed by atoms with Gasteiger partial charge in [0.25, 0.3) is 5.91 Å². The number of nitrogens with one attached hydrogen (secondary N) is 2. The van der Waals surface area contributed by atoms with Gasteiger partial charge in [0.1, 0.15) is 6.04 Å². The van der Waals surface area contributed by atoms with Crippen LogP contribution in [0.1, 0.15) is 51.4 Å². The molecular weight excluding hydrogens is 332 g/mol. The van der Waals surface area contributed by atoms with Crippen molar-refractivity contribution in [3.63, 3.8) is 0 Å². The van der Waals surface area contributed by atoms with Crippen LogP contribution in [0.5, 0.6) is 0 Å². The Hall–Kier alpha value is -2.31. The molecule has 2 heterocycles. The topological polar surface area (TPSA) is 85.5 Å². The Labute approximate surface area is 155 Å². The molecule has 1 aromatic rings. The molecule has 0 aromatic carbocycles. The van der Waals surface area contributed by atoms with Gasteiger partial charge in [-0.2, -0.15) is 0 Å². The fourth-order valence-electron chi connectivity index (χ4n) is 3.17. The van der Waals surface area contributed by atoms with Crippen LogP contribution in [0.2, 0.25) is 0 Å². The monoisotopic (exact) mass is 362 g/mol. The molecule has 1 fully saturated rings. The molecule has 1 aliphatic heterocycles. The second-order valence-electron chi connectivity index (χ2n) is 7.74. The summed E-state index contributed by atoms with van der Waals surface area (Å²) >= 11 is 0. The van der Waals surface area contributed by atoms with Crippen LogP contribution in [-0.2, 0) is 9.59 Å². The highest BCUT2D eigenvalue weighted by Gasteiger charge is 2.42. The van der Waals surface area contributed by atoms with E-state index in [2.05, 4.69) is 10.3 Å². The minimum Gasteiger partial charge on any atom is -0.367 e. The van der Waals surface area contributed by atoms with Crippen LogP contribution in [0.15, 0.2) is 18.5 Å². The van der Waals surface area contributed by atoms with Gasteiger partial charge in [-0.15, -0.1) is 0 Å². The molecule has 26 heavy (non-hydrogen) atoms. The van der Waals surface area contributed by atoms with Gasteiger partial charge in [-0.1, -0.05) is 20.8 Å². The number of aromatic amines is 1. The number of aromatic nitrogens is 1. The van der Waals surface area contributed by atoms with Crippen LogP contribution in [-0.4, -0.2) is 64.2 Å². The first-order valence-corrected chi connectivity index (χ1v) is 9.22. The van der Waals surface area contributed by atoms with Crippen molar-refractivity contribution in [2.45, 2.75) is 53.1 Å². The summed E-state index contributed by atoms with van der Waals surface area (Å²) in [5, 5.41) is 3.00. The Morgan fingerprint density at radius 3 is 2.42 bits per heavy atom. The van der Waals surface area contributed by atoms with Gasteiger partial charge in [-0.05, 0) is 26.3 Å². The number of nitrogens with zero attached hydrogens (tertiary/aromatic N) is 2. The SMILES string of the molecule is CCN(CC)C(=O)[C@@H]1C[C@@H](NC(=O)C(C)(C)C)CN1C(=O)c1cc[nH]c1. The molecule has 0 saturated carbocycles. The van der Waals surface area contributed by atoms with E-state index >= 15 is 0 Å². The number of carbonyl (C=O) groups excluding carboxylic acids is 3. The van der Waals surface area contributed by atoms with Gasteiger partial charge in [0.05, 0.1) is 5.56 Å². The van der Waals surface area contributed by atoms with Gasteiger partial charge in [0, 0.05) is 43.5 Å². The summed E-state index contributed by atoms with van der Waals surface area (Å²) in [5.74, 6) is -0.330. The maximum Gasteiger partial charge on any atom is 0.256 e. The molecule has 0 spiro atoms. The summed E-state index contributed by atoms with van der Waals surface area (Å²) < 4.78 is 0. The predicted octanol–water partition coefficient (Wildman–Crippen LogP) is 1.63. The minimum atomic E-state index is -0.553. The molecule has 1 aliphatic rings. The summed E-state index contributed by atoms with van der Waals surface area (Å²) in [5.41, 5.74) is 0.00124. The Balaban J connectivity index is 2.22. The van der Waals surface area contributed by atoms with E-state index in [0.717, 1.165) is 0 Å². The lowest BCUT2D eigenvalue weighted by Gasteiger charge is -2.28. The second-order valence-corrected chi connectivity index (χ2v) is 7.74. The van der Waals surface area contributed by atoms with Crippen molar-refractivity contribution >= 4 is 17.7 Å². The first-order valence-electron chi connectivity index (χ1n) is 9.22. The molecule has 1 saturated heterocycles. The van der Waals surface area contributed by atoms with E-state index in [9.17, 15) is 14.4 Å². The third kappa shape index (κ3) is 4.26. The minimum absolute atomic E-state index is 0.0635. The van der Waals surface area contributed by atoms with E-state index in [1.165, 1.54) is 0 Å². The van der Waals surface area contributed by atoms with Crippen LogP contribution in [0, 0.1) is 5.41 Å². The van der Waals surface area contributed by atoms with Crippen molar-refractivity contribution in [2.24, 2.45) is 5.41 Å². The number of amides is 3. The summed E-state index contributed by atoms with van der Waals surface area (Å²) in [6, 6.07) is 0.916. The van der Waals surface area contributed by atoms with Crippen LogP contribution in [0.25, 0.3) is 0 Å². The van der Waals surface area contributed by atoms with Crippen LogP contribution < -0.4 is 5.32 Å². The number of hydrogen-bond donors (Lipinski definition) is 2. The summed E-state index contributed by atoms with van der Waals surface area (Å²) in [6.45, 7) is 10.9. The van der Waals surface area contributed by atoms with Gasteiger partial charge in [-0.3, -0.25) is 14.4 Å². The van der Waals surface area contributed by atoms with E-state index in [1.807, 2.05) is 34.6 Å². The average molecular weight is 362 g/mol. The lowest BCUT2D eigenvalue weighted by molar-refractivity contribution is -0.135. The standard InChI is InChI=1S/C19H30N4O3/c1-6-22(7-2)17(25)15-10-14(21-18(26)19(3,4)5)12-23(15)16(24)13-8-9-20-11-13/h8-9,11,14-15,20H,6-7,10,12H2,1-5H3,(H,21,26)/t14-,15+/m1/s1. The van der Waals surface area contributed by atoms with Crippen LogP contribution in [0.3, 0.4) is 0 Å². The quantitative estimate of drug-likeness (QED) is 0.835. The van der Waals surface area contributed by atoms with E-state index in [4.69, 9.17) is 0 Å². The Morgan fingerprint density at radius 2 is 1.92 bits per heavy atom. The number of hydrogen-bond acceptors (Lipinski definition) is 3. The number of likely N-dealkylation sites (N-methyl/N-ethyl adjacent to an activating group) is 1. The summed E-state index contributed by atoms with van der Waals surface area (Å²) in [6.07, 6.45) is 3.75. The first kappa shape index (κ1) is 20.0. The normalized spacial score (nSPS) is 20.1. The average Bonchev–Trinajstić information content (AvgIpc) is 3.24. The van der Waals surface area contributed by atoms with Crippen LogP contribution in [0.4, 0.5) is 0 Å². The lowest BCUT2D eigenvalue weighted by Crippen LogP contribution is -2.47. The van der Waals surface area contributed by atoms with Gasteiger partial charge in [-0.25, -0.2) is 0 Å². The Kier molecular flexibility index (Phi) is 6.10. The molecule has 7 nitrogen and oxygen atoms in total. The molecular formula is C19H30N4O3. The molecule has 144 valence electrons. The molecule has 1 aromatic heterocycles. The largest absolute Gasteiger partial charge is 0.367 e.